The van der Waals surface area contributed by atoms with Gasteiger partial charge in [-0.15, -0.1) is 0 Å². The molecule has 92 valence electrons. The fourth-order valence-electron chi connectivity index (χ4n) is 1.91. The highest BCUT2D eigenvalue weighted by Gasteiger charge is 2.46. The zero-order valence-corrected chi connectivity index (χ0v) is 10.0. The lowest BCUT2D eigenvalue weighted by Gasteiger charge is -2.28. The van der Waals surface area contributed by atoms with Crippen molar-refractivity contribution in [2.45, 2.75) is 19.6 Å². The van der Waals surface area contributed by atoms with Gasteiger partial charge in [0.2, 0.25) is 0 Å². The lowest BCUT2D eigenvalue weighted by Crippen LogP contribution is -2.34. The molecular weight excluding hydrogens is 212 g/mol. The zero-order valence-electron chi connectivity index (χ0n) is 10.0. The molecule has 0 aromatic rings. The molecule has 16 heavy (non-hydrogen) atoms. The summed E-state index contributed by atoms with van der Waals surface area (Å²) in [5.74, 6) is -1.34. The molecule has 0 aliphatic carbocycles. The van der Waals surface area contributed by atoms with E-state index in [1.165, 1.54) is 7.11 Å². The van der Waals surface area contributed by atoms with Gasteiger partial charge in [0, 0.05) is 18.9 Å². The van der Waals surface area contributed by atoms with Crippen molar-refractivity contribution in [3.05, 3.63) is 11.8 Å². The molecule has 0 amide bonds. The maximum Gasteiger partial charge on any atom is 0.331 e. The highest BCUT2D eigenvalue weighted by atomic mass is 16.7. The molecule has 1 fully saturated rings. The standard InChI is InChI=1S/C11H18O5/c1-7-8(6-16-11(7,2)15-4)9(14-3)5-10(12)13/h5,7-8H,6H2,1-4H3,(H,12,13)/b9-5+/t7-,8-,11-/m1/s1. The molecule has 5 nitrogen and oxygen atoms in total. The summed E-state index contributed by atoms with van der Waals surface area (Å²) in [4.78, 5) is 10.6. The van der Waals surface area contributed by atoms with Crippen LogP contribution >= 0.6 is 0 Å². The number of carboxylic acid groups (broad SMARTS) is 1. The van der Waals surface area contributed by atoms with Gasteiger partial charge < -0.3 is 19.3 Å². The molecule has 5 heteroatoms. The van der Waals surface area contributed by atoms with E-state index < -0.39 is 11.8 Å². The van der Waals surface area contributed by atoms with Crippen molar-refractivity contribution in [1.29, 1.82) is 0 Å². The zero-order chi connectivity index (χ0) is 12.3. The SMILES string of the molecule is CO/C(=C/C(=O)O)[C@@H]1CO[C@@](C)(OC)[C@@H]1C. The summed E-state index contributed by atoms with van der Waals surface area (Å²) in [6.45, 7) is 4.19. The van der Waals surface area contributed by atoms with E-state index in [1.54, 1.807) is 7.11 Å². The van der Waals surface area contributed by atoms with Crippen molar-refractivity contribution in [3.63, 3.8) is 0 Å². The molecule has 1 rings (SSSR count). The molecule has 0 aromatic carbocycles. The first-order valence-electron chi connectivity index (χ1n) is 5.12. The minimum atomic E-state index is -1.02. The third-order valence-electron chi connectivity index (χ3n) is 3.25. The minimum absolute atomic E-state index is 0.0306. The third kappa shape index (κ3) is 2.36. The molecule has 0 saturated carbocycles. The number of ether oxygens (including phenoxy) is 3. The molecule has 1 aliphatic rings. The average molecular weight is 230 g/mol. The van der Waals surface area contributed by atoms with Crippen LogP contribution in [0, 0.1) is 11.8 Å². The molecule has 0 unspecified atom stereocenters. The van der Waals surface area contributed by atoms with Crippen LogP contribution in [0.25, 0.3) is 0 Å². The lowest BCUT2D eigenvalue weighted by molar-refractivity contribution is -0.199. The number of methoxy groups -OCH3 is 2. The Morgan fingerprint density at radius 1 is 1.56 bits per heavy atom. The Morgan fingerprint density at radius 2 is 2.19 bits per heavy atom. The fraction of sp³-hybridized carbons (Fsp3) is 0.727. The monoisotopic (exact) mass is 230 g/mol. The summed E-state index contributed by atoms with van der Waals surface area (Å²) in [5, 5.41) is 8.72. The van der Waals surface area contributed by atoms with E-state index in [1.807, 2.05) is 13.8 Å². The molecule has 0 spiro atoms. The quantitative estimate of drug-likeness (QED) is 0.581. The van der Waals surface area contributed by atoms with E-state index in [4.69, 9.17) is 19.3 Å². The second kappa shape index (κ2) is 4.84. The van der Waals surface area contributed by atoms with Gasteiger partial charge in [-0.1, -0.05) is 6.92 Å². The lowest BCUT2D eigenvalue weighted by atomic mass is 9.89. The van der Waals surface area contributed by atoms with Gasteiger partial charge in [-0.3, -0.25) is 0 Å². The average Bonchev–Trinajstić information content (AvgIpc) is 2.54. The topological polar surface area (TPSA) is 65.0 Å². The van der Waals surface area contributed by atoms with Crippen LogP contribution in [0.4, 0.5) is 0 Å². The van der Waals surface area contributed by atoms with Crippen LogP contribution in [0.3, 0.4) is 0 Å². The van der Waals surface area contributed by atoms with Crippen molar-refractivity contribution < 1.29 is 24.1 Å². The summed E-state index contributed by atoms with van der Waals surface area (Å²) < 4.78 is 15.9. The summed E-state index contributed by atoms with van der Waals surface area (Å²) in [5.41, 5.74) is 0. The molecular formula is C11H18O5. The largest absolute Gasteiger partial charge is 0.500 e. The first-order valence-corrected chi connectivity index (χ1v) is 5.12. The van der Waals surface area contributed by atoms with Crippen LogP contribution < -0.4 is 0 Å². The molecule has 0 bridgehead atoms. The van der Waals surface area contributed by atoms with Crippen LogP contribution in [-0.4, -0.2) is 37.7 Å². The number of carboxylic acids is 1. The van der Waals surface area contributed by atoms with Crippen LogP contribution in [0.1, 0.15) is 13.8 Å². The maximum atomic E-state index is 10.6. The Hall–Kier alpha value is -1.07. The smallest absolute Gasteiger partial charge is 0.331 e. The Morgan fingerprint density at radius 3 is 2.56 bits per heavy atom. The van der Waals surface area contributed by atoms with Gasteiger partial charge in [0.1, 0.15) is 5.76 Å². The molecule has 0 radical (unpaired) electrons. The Balaban J connectivity index is 2.87. The number of hydrogen-bond acceptors (Lipinski definition) is 4. The highest BCUT2D eigenvalue weighted by Crippen LogP contribution is 2.40. The second-order valence-corrected chi connectivity index (χ2v) is 4.02. The van der Waals surface area contributed by atoms with E-state index in [9.17, 15) is 4.79 Å². The third-order valence-corrected chi connectivity index (χ3v) is 3.25. The van der Waals surface area contributed by atoms with Crippen molar-refractivity contribution in [2.24, 2.45) is 11.8 Å². The van der Waals surface area contributed by atoms with Gasteiger partial charge >= 0.3 is 5.97 Å². The predicted octanol–water partition coefficient (Wildman–Crippen LogP) is 1.25. The molecule has 1 N–H and O–H groups in total. The van der Waals surface area contributed by atoms with E-state index >= 15 is 0 Å². The van der Waals surface area contributed by atoms with Gasteiger partial charge in [-0.05, 0) is 6.92 Å². The Kier molecular flexibility index (Phi) is 3.93. The fourth-order valence-corrected chi connectivity index (χ4v) is 1.91. The summed E-state index contributed by atoms with van der Waals surface area (Å²) in [7, 11) is 3.04. The van der Waals surface area contributed by atoms with Crippen LogP contribution in [0.5, 0.6) is 0 Å². The van der Waals surface area contributed by atoms with E-state index in [0.29, 0.717) is 12.4 Å². The second-order valence-electron chi connectivity index (χ2n) is 4.02. The van der Waals surface area contributed by atoms with E-state index in [-0.39, 0.29) is 11.8 Å². The minimum Gasteiger partial charge on any atom is -0.500 e. The summed E-state index contributed by atoms with van der Waals surface area (Å²) in [6.07, 6.45) is 1.08. The maximum absolute atomic E-state index is 10.6. The van der Waals surface area contributed by atoms with Crippen molar-refractivity contribution in [1.82, 2.24) is 0 Å². The number of aliphatic carboxylic acids is 1. The predicted molar refractivity (Wildman–Crippen MR) is 56.7 cm³/mol. The highest BCUT2D eigenvalue weighted by molar-refractivity contribution is 5.80. The molecule has 1 saturated heterocycles. The molecule has 1 heterocycles. The van der Waals surface area contributed by atoms with Crippen molar-refractivity contribution >= 4 is 5.97 Å². The summed E-state index contributed by atoms with van der Waals surface area (Å²) >= 11 is 0. The normalized spacial score (nSPS) is 35.1. The van der Waals surface area contributed by atoms with Gasteiger partial charge in [0.25, 0.3) is 0 Å². The van der Waals surface area contributed by atoms with Gasteiger partial charge in [0.05, 0.1) is 19.8 Å². The molecule has 3 atom stereocenters. The van der Waals surface area contributed by atoms with Crippen molar-refractivity contribution in [3.8, 4) is 0 Å². The first-order chi connectivity index (χ1) is 7.44. The Bertz CT molecular complexity index is 299. The van der Waals surface area contributed by atoms with Gasteiger partial charge in [0.15, 0.2) is 5.79 Å². The molecule has 1 aliphatic heterocycles. The Labute approximate surface area is 95.0 Å². The molecule has 0 aromatic heterocycles. The summed E-state index contributed by atoms with van der Waals surface area (Å²) in [6, 6.07) is 0. The van der Waals surface area contributed by atoms with Gasteiger partial charge in [-0.2, -0.15) is 0 Å². The number of rotatable bonds is 4. The van der Waals surface area contributed by atoms with Crippen molar-refractivity contribution in [2.75, 3.05) is 20.8 Å². The van der Waals surface area contributed by atoms with Gasteiger partial charge in [-0.25, -0.2) is 4.79 Å². The van der Waals surface area contributed by atoms with Crippen LogP contribution in [0.2, 0.25) is 0 Å². The van der Waals surface area contributed by atoms with E-state index in [2.05, 4.69) is 0 Å². The number of hydrogen-bond donors (Lipinski definition) is 1. The number of carbonyl (C=O) groups is 1. The first kappa shape index (κ1) is 13.0. The van der Waals surface area contributed by atoms with Crippen LogP contribution in [0.15, 0.2) is 11.8 Å². The van der Waals surface area contributed by atoms with E-state index in [0.717, 1.165) is 6.08 Å². The van der Waals surface area contributed by atoms with Crippen LogP contribution in [-0.2, 0) is 19.0 Å².